The lowest BCUT2D eigenvalue weighted by Gasteiger charge is -2.10. The molecule has 8 heteroatoms. The summed E-state index contributed by atoms with van der Waals surface area (Å²) in [5.41, 5.74) is 2.00. The second-order valence-electron chi connectivity index (χ2n) is 7.21. The molecule has 2 N–H and O–H groups in total. The predicted octanol–water partition coefficient (Wildman–Crippen LogP) is 4.01. The molecule has 0 aliphatic heterocycles. The molecule has 30 heavy (non-hydrogen) atoms. The molecule has 158 valence electrons. The number of carbonyl (C=O) groups is 2. The first-order valence-corrected chi connectivity index (χ1v) is 9.39. The van der Waals surface area contributed by atoms with Gasteiger partial charge in [0.1, 0.15) is 11.5 Å². The zero-order chi connectivity index (χ0) is 22.0. The van der Waals surface area contributed by atoms with Gasteiger partial charge in [0.25, 0.3) is 5.91 Å². The number of rotatable bonds is 6. The van der Waals surface area contributed by atoms with Gasteiger partial charge in [0.15, 0.2) is 0 Å². The van der Waals surface area contributed by atoms with Crippen LogP contribution in [0.15, 0.2) is 42.5 Å². The minimum Gasteiger partial charge on any atom is -0.508 e. The molecule has 0 spiro atoms. The maximum Gasteiger partial charge on any atom is 0.387 e. The fraction of sp³-hybridized carbons (Fsp3) is 0.273. The quantitative estimate of drug-likeness (QED) is 0.636. The summed E-state index contributed by atoms with van der Waals surface area (Å²) in [4.78, 5) is 25.5. The van der Waals surface area contributed by atoms with E-state index >= 15 is 0 Å². The van der Waals surface area contributed by atoms with Crippen LogP contribution in [0.4, 0.5) is 8.78 Å². The molecule has 0 atom stereocenters. The van der Waals surface area contributed by atoms with Gasteiger partial charge in [-0.1, -0.05) is 0 Å². The fourth-order valence-electron chi connectivity index (χ4n) is 3.40. The van der Waals surface area contributed by atoms with Crippen LogP contribution in [-0.2, 0) is 11.2 Å². The fourth-order valence-corrected chi connectivity index (χ4v) is 3.40. The van der Waals surface area contributed by atoms with E-state index in [1.54, 1.807) is 13.0 Å². The molecule has 3 rings (SSSR count). The van der Waals surface area contributed by atoms with Crippen LogP contribution in [0.3, 0.4) is 0 Å². The number of ether oxygens (including phenoxy) is 1. The van der Waals surface area contributed by atoms with Crippen LogP contribution in [0, 0.1) is 6.92 Å². The summed E-state index contributed by atoms with van der Waals surface area (Å²) in [7, 11) is 0. The number of alkyl halides is 2. The third-order valence-electron chi connectivity index (χ3n) is 4.63. The van der Waals surface area contributed by atoms with Crippen molar-refractivity contribution in [2.45, 2.75) is 39.8 Å². The Kier molecular flexibility index (Phi) is 6.05. The smallest absolute Gasteiger partial charge is 0.387 e. The number of nitrogens with zero attached hydrogens (tertiary/aromatic N) is 1. The van der Waals surface area contributed by atoms with Crippen LogP contribution in [0.5, 0.6) is 11.5 Å². The van der Waals surface area contributed by atoms with Crippen LogP contribution < -0.4 is 10.1 Å². The number of amides is 1. The van der Waals surface area contributed by atoms with E-state index in [9.17, 15) is 23.5 Å². The molecule has 3 aromatic rings. The number of hydrogen-bond acceptors (Lipinski definition) is 4. The molecule has 0 aliphatic carbocycles. The molecule has 0 fully saturated rings. The van der Waals surface area contributed by atoms with Crippen molar-refractivity contribution in [2.75, 3.05) is 0 Å². The van der Waals surface area contributed by atoms with E-state index in [1.165, 1.54) is 41.0 Å². The number of fused-ring (bicyclic) bond motifs is 1. The topological polar surface area (TPSA) is 80.6 Å². The van der Waals surface area contributed by atoms with Gasteiger partial charge in [-0.3, -0.25) is 14.2 Å². The first-order valence-electron chi connectivity index (χ1n) is 9.39. The summed E-state index contributed by atoms with van der Waals surface area (Å²) in [6, 6.07) is 9.94. The largest absolute Gasteiger partial charge is 0.508 e. The molecular formula is C22H22F2N2O4. The molecule has 0 saturated heterocycles. The molecule has 2 aromatic carbocycles. The standard InChI is InChI=1S/C22H22F2N2O4/c1-12(2)25-20(28)11-17-13(3)26(19-9-6-15(27)10-18(17)19)21(29)14-4-7-16(8-5-14)30-22(23)24/h4-10,12,22,27H,11H2,1-3H3,(H,25,28). The predicted molar refractivity (Wildman–Crippen MR) is 108 cm³/mol. The first kappa shape index (κ1) is 21.3. The Morgan fingerprint density at radius 3 is 2.40 bits per heavy atom. The number of phenolic OH excluding ortho intramolecular Hbond substituents is 1. The SMILES string of the molecule is Cc1c(CC(=O)NC(C)C)c2cc(O)ccc2n1C(=O)c1ccc(OC(F)F)cc1. The average molecular weight is 416 g/mol. The molecule has 1 aromatic heterocycles. The van der Waals surface area contributed by atoms with Crippen LogP contribution in [-0.4, -0.2) is 34.1 Å². The summed E-state index contributed by atoms with van der Waals surface area (Å²) in [6.45, 7) is 2.48. The Morgan fingerprint density at radius 1 is 1.13 bits per heavy atom. The van der Waals surface area contributed by atoms with Gasteiger partial charge in [-0.25, -0.2) is 0 Å². The third-order valence-corrected chi connectivity index (χ3v) is 4.63. The number of benzene rings is 2. The van der Waals surface area contributed by atoms with Crippen LogP contribution >= 0.6 is 0 Å². The van der Waals surface area contributed by atoms with Crippen LogP contribution in [0.2, 0.25) is 0 Å². The van der Waals surface area contributed by atoms with Crippen molar-refractivity contribution in [3.8, 4) is 11.5 Å². The summed E-state index contributed by atoms with van der Waals surface area (Å²) < 4.78 is 30.5. The number of carbonyl (C=O) groups excluding carboxylic acids is 2. The minimum absolute atomic E-state index is 0.0196. The lowest BCUT2D eigenvalue weighted by Crippen LogP contribution is -2.31. The molecular weight excluding hydrogens is 394 g/mol. The maximum absolute atomic E-state index is 13.2. The minimum atomic E-state index is -2.95. The molecule has 0 radical (unpaired) electrons. The Labute approximate surface area is 172 Å². The Balaban J connectivity index is 2.04. The van der Waals surface area contributed by atoms with E-state index in [0.29, 0.717) is 22.2 Å². The first-order chi connectivity index (χ1) is 14.2. The van der Waals surface area contributed by atoms with Gasteiger partial charge in [-0.05, 0) is 68.8 Å². The molecule has 0 aliphatic rings. The lowest BCUT2D eigenvalue weighted by atomic mass is 10.1. The van der Waals surface area contributed by atoms with Crippen LogP contribution in [0.1, 0.15) is 35.5 Å². The second-order valence-corrected chi connectivity index (χ2v) is 7.21. The highest BCUT2D eigenvalue weighted by atomic mass is 19.3. The highest BCUT2D eigenvalue weighted by Crippen LogP contribution is 2.30. The molecule has 1 heterocycles. The van der Waals surface area contributed by atoms with Gasteiger partial charge in [-0.2, -0.15) is 8.78 Å². The van der Waals surface area contributed by atoms with Crippen molar-refractivity contribution in [3.05, 3.63) is 59.3 Å². The molecule has 0 bridgehead atoms. The lowest BCUT2D eigenvalue weighted by molar-refractivity contribution is -0.120. The van der Waals surface area contributed by atoms with E-state index in [2.05, 4.69) is 10.1 Å². The van der Waals surface area contributed by atoms with Crippen LogP contribution in [0.25, 0.3) is 10.9 Å². The van der Waals surface area contributed by atoms with Gasteiger partial charge in [0.2, 0.25) is 5.91 Å². The normalized spacial score (nSPS) is 11.3. The van der Waals surface area contributed by atoms with Gasteiger partial charge < -0.3 is 15.2 Å². The summed E-state index contributed by atoms with van der Waals surface area (Å²) in [6.07, 6.45) is 0.0470. The summed E-state index contributed by atoms with van der Waals surface area (Å²) in [5, 5.41) is 13.3. The zero-order valence-electron chi connectivity index (χ0n) is 16.8. The zero-order valence-corrected chi connectivity index (χ0v) is 16.8. The Hall–Kier alpha value is -3.42. The number of aromatic nitrogens is 1. The van der Waals surface area contributed by atoms with E-state index in [4.69, 9.17) is 0 Å². The van der Waals surface area contributed by atoms with E-state index in [-0.39, 0.29) is 41.3 Å². The highest BCUT2D eigenvalue weighted by molar-refractivity contribution is 6.05. The van der Waals surface area contributed by atoms with Crippen molar-refractivity contribution >= 4 is 22.7 Å². The number of hydrogen-bond donors (Lipinski definition) is 2. The van der Waals surface area contributed by atoms with Gasteiger partial charge in [0.05, 0.1) is 11.9 Å². The second kappa shape index (κ2) is 8.52. The van der Waals surface area contributed by atoms with Crippen molar-refractivity contribution in [1.29, 1.82) is 0 Å². The Morgan fingerprint density at radius 2 is 1.80 bits per heavy atom. The highest BCUT2D eigenvalue weighted by Gasteiger charge is 2.22. The molecule has 1 amide bonds. The maximum atomic E-state index is 13.2. The van der Waals surface area contributed by atoms with Gasteiger partial charge in [-0.15, -0.1) is 0 Å². The van der Waals surface area contributed by atoms with Crippen molar-refractivity contribution in [1.82, 2.24) is 9.88 Å². The van der Waals surface area contributed by atoms with E-state index in [1.807, 2.05) is 13.8 Å². The third kappa shape index (κ3) is 4.42. The monoisotopic (exact) mass is 416 g/mol. The summed E-state index contributed by atoms with van der Waals surface area (Å²) in [5.74, 6) is -0.614. The van der Waals surface area contributed by atoms with E-state index < -0.39 is 6.61 Å². The van der Waals surface area contributed by atoms with Crippen molar-refractivity contribution < 1.29 is 28.2 Å². The number of halogens is 2. The number of aromatic hydroxyl groups is 1. The van der Waals surface area contributed by atoms with Crippen molar-refractivity contribution in [2.24, 2.45) is 0 Å². The average Bonchev–Trinajstić information content (AvgIpc) is 2.92. The molecule has 0 saturated carbocycles. The van der Waals surface area contributed by atoms with E-state index in [0.717, 1.165) is 0 Å². The number of nitrogens with one attached hydrogen (secondary N) is 1. The van der Waals surface area contributed by atoms with Gasteiger partial charge >= 0.3 is 6.61 Å². The number of phenols is 1. The molecule has 6 nitrogen and oxygen atoms in total. The molecule has 0 unspecified atom stereocenters. The van der Waals surface area contributed by atoms with Gasteiger partial charge in [0, 0.05) is 22.7 Å². The summed E-state index contributed by atoms with van der Waals surface area (Å²) >= 11 is 0. The van der Waals surface area contributed by atoms with Crippen molar-refractivity contribution in [3.63, 3.8) is 0 Å². The Bertz CT molecular complexity index is 1090.